The third-order valence-corrected chi connectivity index (χ3v) is 4.16. The van der Waals surface area contributed by atoms with Gasteiger partial charge in [-0.15, -0.1) is 0 Å². The molecule has 3 nitrogen and oxygen atoms in total. The molecule has 4 heteroatoms. The van der Waals surface area contributed by atoms with Crippen molar-refractivity contribution in [1.82, 2.24) is 5.32 Å². The average molecular weight is 310 g/mol. The van der Waals surface area contributed by atoms with E-state index in [4.69, 9.17) is 0 Å². The summed E-state index contributed by atoms with van der Waals surface area (Å²) in [5.74, 6) is -0.347. The predicted molar refractivity (Wildman–Crippen MR) is 90.3 cm³/mol. The van der Waals surface area contributed by atoms with Crippen LogP contribution in [0.5, 0.6) is 0 Å². The van der Waals surface area contributed by atoms with Crippen molar-refractivity contribution in [2.24, 2.45) is 0 Å². The van der Waals surface area contributed by atoms with Gasteiger partial charge in [-0.1, -0.05) is 31.2 Å². The zero-order valence-electron chi connectivity index (χ0n) is 12.7. The van der Waals surface area contributed by atoms with E-state index < -0.39 is 0 Å². The second kappa shape index (κ2) is 7.58. The van der Waals surface area contributed by atoms with Crippen LogP contribution < -0.4 is 5.32 Å². The van der Waals surface area contributed by atoms with Crippen LogP contribution in [0.15, 0.2) is 46.7 Å². The number of carbonyl (C=O) groups is 1. The standard InChI is InChI=1S/C18H18N2OS/c1-3-14-4-6-16(7-5-14)13(2)20-18(21)17(11-19)10-15-8-9-22-12-15/h4-10,12-13H,3H2,1-2H3,(H,20,21). The van der Waals surface area contributed by atoms with Crippen molar-refractivity contribution < 1.29 is 4.79 Å². The number of carbonyl (C=O) groups excluding carboxylic acids is 1. The van der Waals surface area contributed by atoms with Crippen LogP contribution in [0.1, 0.15) is 36.6 Å². The van der Waals surface area contributed by atoms with E-state index in [1.807, 2.05) is 42.0 Å². The monoisotopic (exact) mass is 310 g/mol. The third-order valence-electron chi connectivity index (χ3n) is 3.45. The van der Waals surface area contributed by atoms with Gasteiger partial charge in [0.05, 0.1) is 6.04 Å². The number of aryl methyl sites for hydroxylation is 1. The summed E-state index contributed by atoms with van der Waals surface area (Å²) in [6, 6.07) is 11.8. The van der Waals surface area contributed by atoms with E-state index in [0.29, 0.717) is 0 Å². The summed E-state index contributed by atoms with van der Waals surface area (Å²) < 4.78 is 0. The minimum atomic E-state index is -0.347. The Morgan fingerprint density at radius 1 is 1.36 bits per heavy atom. The molecule has 1 aromatic heterocycles. The number of benzene rings is 1. The normalized spacial score (nSPS) is 12.5. The number of nitriles is 1. The summed E-state index contributed by atoms with van der Waals surface area (Å²) in [4.78, 5) is 12.2. The molecule has 22 heavy (non-hydrogen) atoms. The number of thiophene rings is 1. The van der Waals surface area contributed by atoms with Crippen molar-refractivity contribution in [3.8, 4) is 6.07 Å². The molecular formula is C18H18N2OS. The lowest BCUT2D eigenvalue weighted by Crippen LogP contribution is -2.27. The first-order valence-corrected chi connectivity index (χ1v) is 8.12. The fourth-order valence-corrected chi connectivity index (χ4v) is 2.69. The van der Waals surface area contributed by atoms with E-state index in [0.717, 1.165) is 17.5 Å². The maximum atomic E-state index is 12.2. The molecule has 0 aliphatic heterocycles. The number of hydrogen-bond acceptors (Lipinski definition) is 3. The Kier molecular flexibility index (Phi) is 5.51. The van der Waals surface area contributed by atoms with Gasteiger partial charge in [0, 0.05) is 0 Å². The lowest BCUT2D eigenvalue weighted by atomic mass is 10.0. The molecule has 112 valence electrons. The van der Waals surface area contributed by atoms with Gasteiger partial charge in [-0.25, -0.2) is 0 Å². The van der Waals surface area contributed by atoms with E-state index in [-0.39, 0.29) is 17.5 Å². The Labute approximate surface area is 134 Å². The fourth-order valence-electron chi connectivity index (χ4n) is 2.07. The van der Waals surface area contributed by atoms with Gasteiger partial charge in [0.15, 0.2) is 0 Å². The van der Waals surface area contributed by atoms with Crippen LogP contribution in [0.3, 0.4) is 0 Å². The molecule has 2 aromatic rings. The first-order chi connectivity index (χ1) is 10.6. The van der Waals surface area contributed by atoms with Gasteiger partial charge in [-0.2, -0.15) is 16.6 Å². The molecule has 1 amide bonds. The van der Waals surface area contributed by atoms with Crippen LogP contribution in [-0.4, -0.2) is 5.91 Å². The first-order valence-electron chi connectivity index (χ1n) is 7.17. The van der Waals surface area contributed by atoms with Gasteiger partial charge in [0.2, 0.25) is 0 Å². The Balaban J connectivity index is 2.07. The van der Waals surface area contributed by atoms with E-state index in [9.17, 15) is 10.1 Å². The maximum Gasteiger partial charge on any atom is 0.262 e. The zero-order chi connectivity index (χ0) is 15.9. The van der Waals surface area contributed by atoms with Gasteiger partial charge in [-0.05, 0) is 52.9 Å². The van der Waals surface area contributed by atoms with Crippen LogP contribution in [-0.2, 0) is 11.2 Å². The average Bonchev–Trinajstić information content (AvgIpc) is 3.05. The molecule has 0 fully saturated rings. The minimum Gasteiger partial charge on any atom is -0.345 e. The summed E-state index contributed by atoms with van der Waals surface area (Å²) in [6.45, 7) is 4.02. The summed E-state index contributed by atoms with van der Waals surface area (Å²) in [5, 5.41) is 15.9. The number of nitrogens with zero attached hydrogens (tertiary/aromatic N) is 1. The molecule has 1 N–H and O–H groups in total. The Morgan fingerprint density at radius 2 is 2.09 bits per heavy atom. The molecule has 0 aliphatic rings. The topological polar surface area (TPSA) is 52.9 Å². The van der Waals surface area contributed by atoms with Crippen LogP contribution in [0.25, 0.3) is 6.08 Å². The summed E-state index contributed by atoms with van der Waals surface area (Å²) in [5.41, 5.74) is 3.28. The van der Waals surface area contributed by atoms with Crippen LogP contribution >= 0.6 is 11.3 Å². The van der Waals surface area contributed by atoms with E-state index in [1.165, 1.54) is 16.9 Å². The highest BCUT2D eigenvalue weighted by Crippen LogP contribution is 2.16. The van der Waals surface area contributed by atoms with Crippen LogP contribution in [0.4, 0.5) is 0 Å². The summed E-state index contributed by atoms with van der Waals surface area (Å²) >= 11 is 1.53. The lowest BCUT2D eigenvalue weighted by molar-refractivity contribution is -0.117. The molecule has 0 bridgehead atoms. The largest absolute Gasteiger partial charge is 0.345 e. The van der Waals surface area contributed by atoms with Crippen molar-refractivity contribution in [2.45, 2.75) is 26.3 Å². The van der Waals surface area contributed by atoms with Gasteiger partial charge >= 0.3 is 0 Å². The van der Waals surface area contributed by atoms with Crippen molar-refractivity contribution in [3.63, 3.8) is 0 Å². The van der Waals surface area contributed by atoms with Crippen LogP contribution in [0, 0.1) is 11.3 Å². The molecule has 0 radical (unpaired) electrons. The summed E-state index contributed by atoms with van der Waals surface area (Å²) in [6.07, 6.45) is 2.60. The fraction of sp³-hybridized carbons (Fsp3) is 0.222. The quantitative estimate of drug-likeness (QED) is 0.668. The van der Waals surface area contributed by atoms with Crippen molar-refractivity contribution in [1.29, 1.82) is 5.26 Å². The van der Waals surface area contributed by atoms with E-state index in [1.54, 1.807) is 6.08 Å². The number of rotatable bonds is 5. The zero-order valence-corrected chi connectivity index (χ0v) is 13.5. The maximum absolute atomic E-state index is 12.2. The van der Waals surface area contributed by atoms with E-state index >= 15 is 0 Å². The molecule has 0 saturated carbocycles. The van der Waals surface area contributed by atoms with E-state index in [2.05, 4.69) is 24.4 Å². The number of amides is 1. The van der Waals surface area contributed by atoms with Crippen LogP contribution in [0.2, 0.25) is 0 Å². The van der Waals surface area contributed by atoms with Crippen molar-refractivity contribution in [2.75, 3.05) is 0 Å². The second-order valence-corrected chi connectivity index (χ2v) is 5.80. The third kappa shape index (κ3) is 4.06. The molecule has 1 aromatic carbocycles. The van der Waals surface area contributed by atoms with Gasteiger partial charge in [-0.3, -0.25) is 4.79 Å². The molecule has 1 heterocycles. The van der Waals surface area contributed by atoms with Gasteiger partial charge < -0.3 is 5.32 Å². The van der Waals surface area contributed by atoms with Gasteiger partial charge in [0.25, 0.3) is 5.91 Å². The highest BCUT2D eigenvalue weighted by molar-refractivity contribution is 7.08. The molecule has 2 rings (SSSR count). The Hall–Kier alpha value is -2.38. The predicted octanol–water partition coefficient (Wildman–Crippen LogP) is 4.09. The lowest BCUT2D eigenvalue weighted by Gasteiger charge is -2.14. The highest BCUT2D eigenvalue weighted by Gasteiger charge is 2.13. The number of nitrogens with one attached hydrogen (secondary N) is 1. The van der Waals surface area contributed by atoms with Gasteiger partial charge in [0.1, 0.15) is 11.6 Å². The minimum absolute atomic E-state index is 0.121. The molecule has 0 spiro atoms. The number of hydrogen-bond donors (Lipinski definition) is 1. The second-order valence-electron chi connectivity index (χ2n) is 5.02. The first kappa shape index (κ1) is 16.0. The smallest absolute Gasteiger partial charge is 0.262 e. The molecule has 1 atom stereocenters. The molecule has 0 aliphatic carbocycles. The molecule has 1 unspecified atom stereocenters. The van der Waals surface area contributed by atoms with Crippen molar-refractivity contribution in [3.05, 3.63) is 63.4 Å². The molecule has 0 saturated heterocycles. The SMILES string of the molecule is CCc1ccc(C(C)NC(=O)C(C#N)=Cc2ccsc2)cc1. The summed E-state index contributed by atoms with van der Waals surface area (Å²) in [7, 11) is 0. The Morgan fingerprint density at radius 3 is 2.64 bits per heavy atom. The highest BCUT2D eigenvalue weighted by atomic mass is 32.1. The Bertz CT molecular complexity index is 694. The molecular weight excluding hydrogens is 292 g/mol. The van der Waals surface area contributed by atoms with Crippen molar-refractivity contribution >= 4 is 23.3 Å².